The highest BCUT2D eigenvalue weighted by Crippen LogP contribution is 2.31. The summed E-state index contributed by atoms with van der Waals surface area (Å²) in [5.74, 6) is 0.649. The molecule has 14 heteroatoms. The molecule has 3 aromatic carbocycles. The number of ether oxygens (including phenoxy) is 1. The first-order valence-corrected chi connectivity index (χ1v) is 12.6. The third kappa shape index (κ3) is 7.48. The van der Waals surface area contributed by atoms with Gasteiger partial charge in [-0.3, -0.25) is 19.5 Å². The van der Waals surface area contributed by atoms with Gasteiger partial charge in [-0.1, -0.05) is 35.5 Å². The van der Waals surface area contributed by atoms with Crippen LogP contribution in [-0.2, 0) is 23.3 Å². The number of nitro benzene ring substituents is 1. The number of thioether (sulfide) groups is 1. The molecule has 0 aliphatic carbocycles. The standard InChI is InChI=1S/C25H19ClF3N5O4S/c26-18-5-11-21(12-6-18)38-14-23(35)30-13-22-31-32-24(33(22)19-7-9-20(10-8-19)34(36)37)39-15-16-1-3-17(4-2-16)25(27,28)29/h1-12H,13-15H2,(H,30,35). The number of rotatable bonds is 10. The molecule has 4 rings (SSSR count). The van der Waals surface area contributed by atoms with Crippen LogP contribution in [0.3, 0.4) is 0 Å². The number of carbonyl (C=O) groups excluding carboxylic acids is 1. The Kier molecular flexibility index (Phi) is 8.72. The molecule has 1 aromatic heterocycles. The number of aromatic nitrogens is 3. The molecule has 0 fully saturated rings. The third-order valence-corrected chi connectivity index (χ3v) is 6.55. The van der Waals surface area contributed by atoms with E-state index in [0.29, 0.717) is 33.0 Å². The Balaban J connectivity index is 1.48. The predicted molar refractivity (Wildman–Crippen MR) is 138 cm³/mol. The van der Waals surface area contributed by atoms with Gasteiger partial charge in [-0.05, 0) is 54.1 Å². The zero-order chi connectivity index (χ0) is 28.0. The number of nitrogens with one attached hydrogen (secondary N) is 1. The largest absolute Gasteiger partial charge is 0.484 e. The van der Waals surface area contributed by atoms with Gasteiger partial charge in [0.2, 0.25) is 0 Å². The van der Waals surface area contributed by atoms with Gasteiger partial charge < -0.3 is 10.1 Å². The Morgan fingerprint density at radius 1 is 1.03 bits per heavy atom. The van der Waals surface area contributed by atoms with Crippen LogP contribution in [0, 0.1) is 10.1 Å². The molecule has 0 saturated heterocycles. The van der Waals surface area contributed by atoms with E-state index in [1.165, 1.54) is 48.2 Å². The molecule has 202 valence electrons. The molecule has 1 amide bonds. The van der Waals surface area contributed by atoms with Gasteiger partial charge in [0, 0.05) is 28.6 Å². The molecule has 0 atom stereocenters. The Morgan fingerprint density at radius 2 is 1.69 bits per heavy atom. The molecule has 39 heavy (non-hydrogen) atoms. The van der Waals surface area contributed by atoms with Gasteiger partial charge in [0.05, 0.1) is 17.0 Å². The summed E-state index contributed by atoms with van der Waals surface area (Å²) in [7, 11) is 0. The maximum atomic E-state index is 12.9. The summed E-state index contributed by atoms with van der Waals surface area (Å²) in [5, 5.41) is 23.0. The first-order valence-electron chi connectivity index (χ1n) is 11.2. The van der Waals surface area contributed by atoms with E-state index in [4.69, 9.17) is 16.3 Å². The van der Waals surface area contributed by atoms with Gasteiger partial charge in [0.15, 0.2) is 17.6 Å². The Hall–Kier alpha value is -4.10. The fourth-order valence-electron chi connectivity index (χ4n) is 3.34. The molecule has 4 aromatic rings. The summed E-state index contributed by atoms with van der Waals surface area (Å²) in [4.78, 5) is 22.9. The number of carbonyl (C=O) groups is 1. The van der Waals surface area contributed by atoms with E-state index < -0.39 is 22.6 Å². The van der Waals surface area contributed by atoms with Crippen molar-refractivity contribution >= 4 is 35.0 Å². The van der Waals surface area contributed by atoms with Crippen LogP contribution < -0.4 is 10.1 Å². The van der Waals surface area contributed by atoms with Crippen molar-refractivity contribution in [2.45, 2.75) is 23.6 Å². The molecule has 0 aliphatic heterocycles. The molecule has 0 unspecified atom stereocenters. The van der Waals surface area contributed by atoms with Gasteiger partial charge in [-0.2, -0.15) is 13.2 Å². The Bertz CT molecular complexity index is 1450. The number of nitrogens with zero attached hydrogens (tertiary/aromatic N) is 4. The van der Waals surface area contributed by atoms with Gasteiger partial charge in [0.25, 0.3) is 11.6 Å². The van der Waals surface area contributed by atoms with Crippen LogP contribution in [0.1, 0.15) is 17.0 Å². The zero-order valence-electron chi connectivity index (χ0n) is 19.9. The number of hydrogen-bond acceptors (Lipinski definition) is 7. The van der Waals surface area contributed by atoms with Gasteiger partial charge in [0.1, 0.15) is 5.75 Å². The van der Waals surface area contributed by atoms with E-state index in [1.54, 1.807) is 28.8 Å². The minimum absolute atomic E-state index is 0.0341. The van der Waals surface area contributed by atoms with Crippen molar-refractivity contribution in [3.63, 3.8) is 0 Å². The normalized spacial score (nSPS) is 11.3. The minimum atomic E-state index is -4.43. The highest BCUT2D eigenvalue weighted by Gasteiger charge is 2.30. The van der Waals surface area contributed by atoms with Crippen LogP contribution in [0.5, 0.6) is 5.75 Å². The molecule has 9 nitrogen and oxygen atoms in total. The first-order chi connectivity index (χ1) is 18.6. The minimum Gasteiger partial charge on any atom is -0.484 e. The second kappa shape index (κ2) is 12.2. The second-order valence-electron chi connectivity index (χ2n) is 8.01. The van der Waals surface area contributed by atoms with Crippen molar-refractivity contribution in [1.29, 1.82) is 0 Å². The van der Waals surface area contributed by atoms with Crippen molar-refractivity contribution < 1.29 is 27.6 Å². The lowest BCUT2D eigenvalue weighted by atomic mass is 10.1. The summed E-state index contributed by atoms with van der Waals surface area (Å²) in [5.41, 5.74) is 0.269. The molecule has 0 spiro atoms. The van der Waals surface area contributed by atoms with Crippen LogP contribution >= 0.6 is 23.4 Å². The predicted octanol–water partition coefficient (Wildman–Crippen LogP) is 5.84. The topological polar surface area (TPSA) is 112 Å². The van der Waals surface area contributed by atoms with Crippen LogP contribution in [0.2, 0.25) is 5.02 Å². The molecule has 0 aliphatic rings. The average Bonchev–Trinajstić information content (AvgIpc) is 3.33. The van der Waals surface area contributed by atoms with Crippen LogP contribution in [0.4, 0.5) is 18.9 Å². The average molecular weight is 578 g/mol. The highest BCUT2D eigenvalue weighted by atomic mass is 35.5. The van der Waals surface area contributed by atoms with Crippen molar-refractivity contribution in [3.8, 4) is 11.4 Å². The maximum absolute atomic E-state index is 12.9. The number of amides is 1. The van der Waals surface area contributed by atoms with E-state index in [-0.39, 0.29) is 24.6 Å². The summed E-state index contributed by atoms with van der Waals surface area (Å²) in [6.07, 6.45) is -4.43. The lowest BCUT2D eigenvalue weighted by Crippen LogP contribution is -2.29. The van der Waals surface area contributed by atoms with E-state index in [2.05, 4.69) is 15.5 Å². The number of non-ortho nitro benzene ring substituents is 1. The van der Waals surface area contributed by atoms with Gasteiger partial charge >= 0.3 is 6.18 Å². The number of nitro groups is 1. The van der Waals surface area contributed by atoms with Crippen LogP contribution in [0.25, 0.3) is 5.69 Å². The zero-order valence-corrected chi connectivity index (χ0v) is 21.5. The summed E-state index contributed by atoms with van der Waals surface area (Å²) in [6, 6.07) is 16.9. The first kappa shape index (κ1) is 27.9. The van der Waals surface area contributed by atoms with Gasteiger partial charge in [-0.15, -0.1) is 10.2 Å². The number of halogens is 4. The Morgan fingerprint density at radius 3 is 2.31 bits per heavy atom. The number of alkyl halides is 3. The fourth-order valence-corrected chi connectivity index (χ4v) is 4.39. The Labute approximate surface area is 229 Å². The second-order valence-corrected chi connectivity index (χ2v) is 9.39. The van der Waals surface area contributed by atoms with Crippen molar-refractivity contribution in [3.05, 3.63) is 105 Å². The maximum Gasteiger partial charge on any atom is 0.416 e. The monoisotopic (exact) mass is 577 g/mol. The third-order valence-electron chi connectivity index (χ3n) is 5.30. The van der Waals surface area contributed by atoms with Crippen LogP contribution in [0.15, 0.2) is 78.0 Å². The SMILES string of the molecule is O=C(COc1ccc(Cl)cc1)NCc1nnc(SCc2ccc(C(F)(F)F)cc2)n1-c1ccc([N+](=O)[O-])cc1. The molecular weight excluding hydrogens is 559 g/mol. The van der Waals surface area contributed by atoms with Gasteiger partial charge in [-0.25, -0.2) is 0 Å². The van der Waals surface area contributed by atoms with E-state index in [1.807, 2.05) is 0 Å². The molecule has 0 saturated carbocycles. The number of hydrogen-bond donors (Lipinski definition) is 1. The highest BCUT2D eigenvalue weighted by molar-refractivity contribution is 7.98. The van der Waals surface area contributed by atoms with E-state index in [9.17, 15) is 28.1 Å². The molecule has 1 heterocycles. The summed E-state index contributed by atoms with van der Waals surface area (Å²) < 4.78 is 45.6. The van der Waals surface area contributed by atoms with Crippen molar-refractivity contribution in [1.82, 2.24) is 20.1 Å². The van der Waals surface area contributed by atoms with Crippen molar-refractivity contribution in [2.24, 2.45) is 0 Å². The van der Waals surface area contributed by atoms with Crippen molar-refractivity contribution in [2.75, 3.05) is 6.61 Å². The van der Waals surface area contributed by atoms with Crippen LogP contribution in [-0.4, -0.2) is 32.2 Å². The lowest BCUT2D eigenvalue weighted by Gasteiger charge is -2.12. The molecule has 0 bridgehead atoms. The summed E-state index contributed by atoms with van der Waals surface area (Å²) in [6.45, 7) is -0.295. The lowest BCUT2D eigenvalue weighted by molar-refractivity contribution is -0.384. The summed E-state index contributed by atoms with van der Waals surface area (Å²) >= 11 is 7.05. The fraction of sp³-hybridized carbons (Fsp3) is 0.160. The molecule has 1 N–H and O–H groups in total. The number of benzene rings is 3. The smallest absolute Gasteiger partial charge is 0.416 e. The van der Waals surface area contributed by atoms with E-state index in [0.717, 1.165) is 12.1 Å². The van der Waals surface area contributed by atoms with E-state index >= 15 is 0 Å². The molecular formula is C25H19ClF3N5O4S. The quantitative estimate of drug-likeness (QED) is 0.143. The molecule has 0 radical (unpaired) electrons.